The van der Waals surface area contributed by atoms with Crippen LogP contribution in [0.2, 0.25) is 19.6 Å². The molecule has 0 N–H and O–H groups in total. The third-order valence-corrected chi connectivity index (χ3v) is 2.77. The second-order valence-corrected chi connectivity index (χ2v) is 8.77. The van der Waals surface area contributed by atoms with Gasteiger partial charge in [-0.1, -0.05) is 18.2 Å². The van der Waals surface area contributed by atoms with Crippen LogP contribution in [0.25, 0.3) is 12.2 Å². The fourth-order valence-corrected chi connectivity index (χ4v) is 2.18. The molecule has 2 rings (SSSR count). The summed E-state index contributed by atoms with van der Waals surface area (Å²) in [5.41, 5.74) is 2.62. The van der Waals surface area contributed by atoms with Gasteiger partial charge in [-0.3, -0.25) is 0 Å². The van der Waals surface area contributed by atoms with E-state index >= 15 is 0 Å². The minimum absolute atomic E-state index is 1.02. The number of benzene rings is 1. The van der Waals surface area contributed by atoms with Crippen LogP contribution in [0.4, 0.5) is 0 Å². The monoisotopic (exact) mass is 190 g/mol. The minimum atomic E-state index is -1.44. The van der Waals surface area contributed by atoms with Gasteiger partial charge in [0, 0.05) is 0 Å². The Kier molecular flexibility index (Phi) is 1.80. The summed E-state index contributed by atoms with van der Waals surface area (Å²) in [6.45, 7) is 6.59. The third kappa shape index (κ3) is 1.83. The lowest BCUT2D eigenvalue weighted by atomic mass is 9.98. The van der Waals surface area contributed by atoms with Gasteiger partial charge in [0.25, 0.3) is 0 Å². The van der Waals surface area contributed by atoms with Crippen molar-refractivity contribution in [3.8, 4) is 5.75 Å². The molecule has 0 aromatic heterocycles. The second-order valence-electron chi connectivity index (χ2n) is 4.34. The van der Waals surface area contributed by atoms with Crippen LogP contribution in [0.3, 0.4) is 0 Å². The fourth-order valence-electron chi connectivity index (χ4n) is 1.35. The molecule has 13 heavy (non-hydrogen) atoms. The molecule has 0 radical (unpaired) electrons. The van der Waals surface area contributed by atoms with Crippen molar-refractivity contribution < 1.29 is 4.43 Å². The van der Waals surface area contributed by atoms with Crippen molar-refractivity contribution in [3.63, 3.8) is 0 Å². The van der Waals surface area contributed by atoms with Crippen LogP contribution < -0.4 is 4.43 Å². The van der Waals surface area contributed by atoms with Crippen molar-refractivity contribution in [1.29, 1.82) is 0 Å². The molecule has 1 aliphatic rings. The molecule has 1 aromatic carbocycles. The van der Waals surface area contributed by atoms with Crippen molar-refractivity contribution in [2.75, 3.05) is 0 Å². The van der Waals surface area contributed by atoms with Crippen LogP contribution in [-0.2, 0) is 0 Å². The van der Waals surface area contributed by atoms with Gasteiger partial charge in [-0.25, -0.2) is 0 Å². The van der Waals surface area contributed by atoms with Crippen LogP contribution in [0.1, 0.15) is 11.1 Å². The quantitative estimate of drug-likeness (QED) is 0.660. The maximum atomic E-state index is 5.88. The molecule has 0 bridgehead atoms. The summed E-state index contributed by atoms with van der Waals surface area (Å²) in [6, 6.07) is 6.29. The number of hydrogen-bond acceptors (Lipinski definition) is 1. The molecular weight excluding hydrogens is 176 g/mol. The lowest BCUT2D eigenvalue weighted by Crippen LogP contribution is -2.29. The molecule has 68 valence electrons. The standard InChI is InChI=1S/C11H14OSi/c1-13(2,3)12-11-7-6-9-4-5-10(9)8-11/h4-8H,1-3H3. The highest BCUT2D eigenvalue weighted by atomic mass is 28.4. The van der Waals surface area contributed by atoms with Crippen LogP contribution in [0.5, 0.6) is 5.75 Å². The summed E-state index contributed by atoms with van der Waals surface area (Å²) >= 11 is 0. The van der Waals surface area contributed by atoms with E-state index in [4.69, 9.17) is 4.43 Å². The van der Waals surface area contributed by atoms with E-state index in [9.17, 15) is 0 Å². The smallest absolute Gasteiger partial charge is 0.242 e. The highest BCUT2D eigenvalue weighted by Crippen LogP contribution is 2.28. The topological polar surface area (TPSA) is 9.23 Å². The van der Waals surface area contributed by atoms with E-state index in [2.05, 4.69) is 50.0 Å². The molecule has 0 saturated heterocycles. The van der Waals surface area contributed by atoms with Crippen molar-refractivity contribution in [2.45, 2.75) is 19.6 Å². The molecule has 0 unspecified atom stereocenters. The molecule has 1 nitrogen and oxygen atoms in total. The van der Waals surface area contributed by atoms with E-state index in [-0.39, 0.29) is 0 Å². The fraction of sp³-hybridized carbons (Fsp3) is 0.273. The van der Waals surface area contributed by atoms with Crippen molar-refractivity contribution >= 4 is 20.5 Å². The van der Waals surface area contributed by atoms with Gasteiger partial charge in [-0.2, -0.15) is 0 Å². The van der Waals surface area contributed by atoms with Crippen molar-refractivity contribution in [2.24, 2.45) is 0 Å². The highest BCUT2D eigenvalue weighted by molar-refractivity contribution is 6.70. The predicted molar refractivity (Wildman–Crippen MR) is 59.3 cm³/mol. The maximum absolute atomic E-state index is 5.88. The zero-order valence-electron chi connectivity index (χ0n) is 8.29. The van der Waals surface area contributed by atoms with E-state index in [1.807, 2.05) is 0 Å². The van der Waals surface area contributed by atoms with Gasteiger partial charge in [0.2, 0.25) is 8.32 Å². The Morgan fingerprint density at radius 2 is 1.69 bits per heavy atom. The Labute approximate surface area is 80.2 Å². The Bertz CT molecular complexity index is 361. The molecule has 2 heteroatoms. The average molecular weight is 190 g/mol. The summed E-state index contributed by atoms with van der Waals surface area (Å²) in [5, 5.41) is 0. The first-order valence-corrected chi connectivity index (χ1v) is 7.97. The van der Waals surface area contributed by atoms with E-state index < -0.39 is 8.32 Å². The molecule has 0 spiro atoms. The lowest BCUT2D eigenvalue weighted by Gasteiger charge is -2.21. The van der Waals surface area contributed by atoms with Gasteiger partial charge in [-0.05, 0) is 42.9 Å². The predicted octanol–water partition coefficient (Wildman–Crippen LogP) is 3.38. The van der Waals surface area contributed by atoms with Crippen LogP contribution in [0.15, 0.2) is 18.2 Å². The summed E-state index contributed by atoms with van der Waals surface area (Å²) in [6.07, 6.45) is 4.24. The molecule has 0 saturated carbocycles. The second kappa shape index (κ2) is 2.74. The maximum Gasteiger partial charge on any atom is 0.242 e. The Morgan fingerprint density at radius 3 is 2.15 bits per heavy atom. The summed E-state index contributed by atoms with van der Waals surface area (Å²) in [7, 11) is -1.44. The van der Waals surface area contributed by atoms with E-state index in [0.717, 1.165) is 5.75 Å². The Morgan fingerprint density at radius 1 is 1.00 bits per heavy atom. The molecule has 0 atom stereocenters. The molecule has 0 heterocycles. The van der Waals surface area contributed by atoms with E-state index in [0.29, 0.717) is 0 Å². The minimum Gasteiger partial charge on any atom is -0.544 e. The van der Waals surface area contributed by atoms with E-state index in [1.165, 1.54) is 11.1 Å². The normalized spacial score (nSPS) is 13.5. The molecule has 1 aromatic rings. The van der Waals surface area contributed by atoms with Gasteiger partial charge in [0.15, 0.2) is 0 Å². The SMILES string of the molecule is C[Si](C)(C)Oc1ccc2c(c1)C=C2. The zero-order chi connectivity index (χ0) is 9.47. The summed E-state index contributed by atoms with van der Waals surface area (Å²) in [4.78, 5) is 0. The molecule has 0 amide bonds. The molecule has 0 aliphatic heterocycles. The van der Waals surface area contributed by atoms with Crippen molar-refractivity contribution in [1.82, 2.24) is 0 Å². The lowest BCUT2D eigenvalue weighted by molar-refractivity contribution is 0.557. The van der Waals surface area contributed by atoms with Gasteiger partial charge >= 0.3 is 0 Å². The first-order valence-electron chi connectivity index (χ1n) is 4.56. The molecular formula is C11H14OSi. The Hall–Kier alpha value is -1.02. The first kappa shape index (κ1) is 8.57. The zero-order valence-corrected chi connectivity index (χ0v) is 9.29. The van der Waals surface area contributed by atoms with Crippen LogP contribution in [0, 0.1) is 0 Å². The number of rotatable bonds is 2. The number of hydrogen-bond donors (Lipinski definition) is 0. The van der Waals surface area contributed by atoms with Crippen LogP contribution >= 0.6 is 0 Å². The van der Waals surface area contributed by atoms with Gasteiger partial charge < -0.3 is 4.43 Å². The van der Waals surface area contributed by atoms with Gasteiger partial charge in [0.1, 0.15) is 5.75 Å². The Balaban J connectivity index is 2.20. The first-order chi connectivity index (χ1) is 6.04. The van der Waals surface area contributed by atoms with Crippen molar-refractivity contribution in [3.05, 3.63) is 29.3 Å². The third-order valence-electron chi connectivity index (χ3n) is 1.92. The molecule has 1 aliphatic carbocycles. The van der Waals surface area contributed by atoms with Gasteiger partial charge in [-0.15, -0.1) is 0 Å². The summed E-state index contributed by atoms with van der Waals surface area (Å²) < 4.78 is 5.88. The molecule has 0 fully saturated rings. The van der Waals surface area contributed by atoms with Gasteiger partial charge in [0.05, 0.1) is 0 Å². The average Bonchev–Trinajstić information content (AvgIpc) is 1.92. The highest BCUT2D eigenvalue weighted by Gasteiger charge is 2.17. The largest absolute Gasteiger partial charge is 0.544 e. The van der Waals surface area contributed by atoms with Crippen LogP contribution in [-0.4, -0.2) is 8.32 Å². The summed E-state index contributed by atoms with van der Waals surface area (Å²) in [5.74, 6) is 1.02. The van der Waals surface area contributed by atoms with E-state index in [1.54, 1.807) is 0 Å². The number of fused-ring (bicyclic) bond motifs is 1.